The standard InChI is InChI=1S/C18H32O2/c1-3-9-15(10-4-1)19-17-13-7-8-14-18(17)20-16-11-5-2-6-12-16/h15-18H,1-14H2. The third-order valence-electron chi connectivity index (χ3n) is 5.48. The number of ether oxygens (including phenoxy) is 2. The molecular formula is C18H32O2. The Morgan fingerprint density at radius 1 is 0.400 bits per heavy atom. The molecule has 2 nitrogen and oxygen atoms in total. The van der Waals surface area contributed by atoms with E-state index in [0.29, 0.717) is 24.4 Å². The Morgan fingerprint density at radius 3 is 1.15 bits per heavy atom. The summed E-state index contributed by atoms with van der Waals surface area (Å²) in [5.74, 6) is 0. The molecule has 20 heavy (non-hydrogen) atoms. The Balaban J connectivity index is 1.49. The lowest BCUT2D eigenvalue weighted by Gasteiger charge is -2.38. The van der Waals surface area contributed by atoms with Crippen LogP contribution >= 0.6 is 0 Å². The highest BCUT2D eigenvalue weighted by Gasteiger charge is 2.31. The Bertz CT molecular complexity index is 239. The SMILES string of the molecule is C1CCC(OC2CCCCC2OC2CCCCC2)CC1. The van der Waals surface area contributed by atoms with Crippen molar-refractivity contribution < 1.29 is 9.47 Å². The van der Waals surface area contributed by atoms with Crippen LogP contribution in [0.15, 0.2) is 0 Å². The van der Waals surface area contributed by atoms with E-state index in [1.165, 1.54) is 89.9 Å². The average molecular weight is 280 g/mol. The predicted octanol–water partition coefficient (Wildman–Crippen LogP) is 5.00. The van der Waals surface area contributed by atoms with Gasteiger partial charge in [0, 0.05) is 0 Å². The van der Waals surface area contributed by atoms with Crippen molar-refractivity contribution in [1.29, 1.82) is 0 Å². The minimum absolute atomic E-state index is 0.397. The van der Waals surface area contributed by atoms with E-state index in [-0.39, 0.29) is 0 Å². The van der Waals surface area contributed by atoms with Crippen molar-refractivity contribution in [3.8, 4) is 0 Å². The quantitative estimate of drug-likeness (QED) is 0.721. The summed E-state index contributed by atoms with van der Waals surface area (Å²) in [7, 11) is 0. The second-order valence-corrected chi connectivity index (χ2v) is 7.15. The molecule has 2 heteroatoms. The van der Waals surface area contributed by atoms with Crippen molar-refractivity contribution in [1.82, 2.24) is 0 Å². The zero-order valence-corrected chi connectivity index (χ0v) is 13.0. The van der Waals surface area contributed by atoms with Gasteiger partial charge in [0.15, 0.2) is 0 Å². The molecule has 0 radical (unpaired) electrons. The summed E-state index contributed by atoms with van der Waals surface area (Å²) in [6, 6.07) is 0. The molecule has 3 aliphatic carbocycles. The zero-order chi connectivity index (χ0) is 13.6. The fourth-order valence-electron chi connectivity index (χ4n) is 4.27. The molecule has 3 saturated carbocycles. The first-order valence-corrected chi connectivity index (χ1v) is 9.23. The van der Waals surface area contributed by atoms with Crippen LogP contribution in [-0.2, 0) is 9.47 Å². The molecule has 0 aromatic carbocycles. The molecule has 0 aromatic heterocycles. The van der Waals surface area contributed by atoms with Gasteiger partial charge in [-0.25, -0.2) is 0 Å². The lowest BCUT2D eigenvalue weighted by atomic mass is 9.91. The first-order chi connectivity index (χ1) is 9.92. The highest BCUT2D eigenvalue weighted by Crippen LogP contribution is 2.31. The number of hydrogen-bond acceptors (Lipinski definition) is 2. The van der Waals surface area contributed by atoms with Crippen molar-refractivity contribution >= 4 is 0 Å². The fourth-order valence-corrected chi connectivity index (χ4v) is 4.27. The summed E-state index contributed by atoms with van der Waals surface area (Å²) in [5.41, 5.74) is 0. The van der Waals surface area contributed by atoms with Crippen molar-refractivity contribution in [2.45, 2.75) is 114 Å². The molecule has 3 aliphatic rings. The predicted molar refractivity (Wildman–Crippen MR) is 82.0 cm³/mol. The summed E-state index contributed by atoms with van der Waals surface area (Å²) >= 11 is 0. The molecule has 0 heterocycles. The van der Waals surface area contributed by atoms with Crippen LogP contribution in [-0.4, -0.2) is 24.4 Å². The first-order valence-electron chi connectivity index (χ1n) is 9.23. The van der Waals surface area contributed by atoms with E-state index in [2.05, 4.69) is 0 Å². The van der Waals surface area contributed by atoms with E-state index in [1.807, 2.05) is 0 Å². The van der Waals surface area contributed by atoms with Gasteiger partial charge in [0.25, 0.3) is 0 Å². The van der Waals surface area contributed by atoms with Crippen LogP contribution in [0.5, 0.6) is 0 Å². The largest absolute Gasteiger partial charge is 0.372 e. The van der Waals surface area contributed by atoms with Crippen LogP contribution < -0.4 is 0 Å². The van der Waals surface area contributed by atoms with E-state index < -0.39 is 0 Å². The van der Waals surface area contributed by atoms with Gasteiger partial charge in [-0.3, -0.25) is 0 Å². The third-order valence-corrected chi connectivity index (χ3v) is 5.48. The van der Waals surface area contributed by atoms with Crippen LogP contribution in [0, 0.1) is 0 Å². The summed E-state index contributed by atoms with van der Waals surface area (Å²) in [6.07, 6.45) is 20.4. The zero-order valence-electron chi connectivity index (χ0n) is 13.0. The maximum atomic E-state index is 6.46. The number of hydrogen-bond donors (Lipinski definition) is 0. The van der Waals surface area contributed by atoms with E-state index in [4.69, 9.17) is 9.47 Å². The monoisotopic (exact) mass is 280 g/mol. The molecule has 0 saturated heterocycles. The van der Waals surface area contributed by atoms with Crippen molar-refractivity contribution in [3.05, 3.63) is 0 Å². The molecule has 3 rings (SSSR count). The summed E-state index contributed by atoms with van der Waals surface area (Å²) in [5, 5.41) is 0. The summed E-state index contributed by atoms with van der Waals surface area (Å²) in [4.78, 5) is 0. The van der Waals surface area contributed by atoms with Gasteiger partial charge in [0.1, 0.15) is 0 Å². The molecule has 116 valence electrons. The molecule has 2 unspecified atom stereocenters. The molecule has 0 bridgehead atoms. The molecule has 0 N–H and O–H groups in total. The topological polar surface area (TPSA) is 18.5 Å². The van der Waals surface area contributed by atoms with E-state index in [1.54, 1.807) is 0 Å². The molecule has 0 aromatic rings. The van der Waals surface area contributed by atoms with Crippen molar-refractivity contribution in [3.63, 3.8) is 0 Å². The van der Waals surface area contributed by atoms with Gasteiger partial charge < -0.3 is 9.47 Å². The Hall–Kier alpha value is -0.0800. The molecule has 0 aliphatic heterocycles. The molecule has 0 amide bonds. The van der Waals surface area contributed by atoms with Gasteiger partial charge in [-0.15, -0.1) is 0 Å². The Kier molecular flexibility index (Phi) is 5.78. The summed E-state index contributed by atoms with van der Waals surface area (Å²) in [6.45, 7) is 0. The van der Waals surface area contributed by atoms with Crippen LogP contribution in [0.2, 0.25) is 0 Å². The van der Waals surface area contributed by atoms with E-state index >= 15 is 0 Å². The fraction of sp³-hybridized carbons (Fsp3) is 1.00. The normalized spacial score (nSPS) is 34.2. The second-order valence-electron chi connectivity index (χ2n) is 7.15. The Labute approximate surface area is 124 Å². The van der Waals surface area contributed by atoms with Gasteiger partial charge in [-0.1, -0.05) is 51.4 Å². The highest BCUT2D eigenvalue weighted by atomic mass is 16.6. The van der Waals surface area contributed by atoms with Gasteiger partial charge in [0.05, 0.1) is 24.4 Å². The van der Waals surface area contributed by atoms with Gasteiger partial charge in [0.2, 0.25) is 0 Å². The minimum atomic E-state index is 0.397. The third kappa shape index (κ3) is 4.21. The summed E-state index contributed by atoms with van der Waals surface area (Å²) < 4.78 is 12.9. The van der Waals surface area contributed by atoms with E-state index in [9.17, 15) is 0 Å². The lowest BCUT2D eigenvalue weighted by Crippen LogP contribution is -2.40. The van der Waals surface area contributed by atoms with Crippen LogP contribution in [0.3, 0.4) is 0 Å². The van der Waals surface area contributed by atoms with Crippen molar-refractivity contribution in [2.24, 2.45) is 0 Å². The molecular weight excluding hydrogens is 248 g/mol. The maximum absolute atomic E-state index is 6.46. The van der Waals surface area contributed by atoms with E-state index in [0.717, 1.165) is 0 Å². The van der Waals surface area contributed by atoms with Gasteiger partial charge >= 0.3 is 0 Å². The van der Waals surface area contributed by atoms with Crippen LogP contribution in [0.4, 0.5) is 0 Å². The maximum Gasteiger partial charge on any atom is 0.0840 e. The molecule has 0 spiro atoms. The van der Waals surface area contributed by atoms with Crippen LogP contribution in [0.25, 0.3) is 0 Å². The average Bonchev–Trinajstić information content (AvgIpc) is 2.51. The highest BCUT2D eigenvalue weighted by molar-refractivity contribution is 4.81. The Morgan fingerprint density at radius 2 is 0.750 bits per heavy atom. The number of rotatable bonds is 4. The lowest BCUT2D eigenvalue weighted by molar-refractivity contribution is -0.148. The van der Waals surface area contributed by atoms with Crippen LogP contribution in [0.1, 0.15) is 89.9 Å². The van der Waals surface area contributed by atoms with Crippen molar-refractivity contribution in [2.75, 3.05) is 0 Å². The van der Waals surface area contributed by atoms with Gasteiger partial charge in [-0.05, 0) is 38.5 Å². The minimum Gasteiger partial charge on any atom is -0.372 e. The van der Waals surface area contributed by atoms with Gasteiger partial charge in [-0.2, -0.15) is 0 Å². The molecule has 2 atom stereocenters. The second kappa shape index (κ2) is 7.79. The molecule has 3 fully saturated rings. The smallest absolute Gasteiger partial charge is 0.0840 e. The first kappa shape index (κ1) is 14.8.